The van der Waals surface area contributed by atoms with Crippen molar-refractivity contribution in [3.63, 3.8) is 0 Å². The van der Waals surface area contributed by atoms with Gasteiger partial charge in [-0.15, -0.1) is 11.3 Å². The molecule has 2 heterocycles. The Kier molecular flexibility index (Phi) is 7.51. The molecule has 166 valence electrons. The molecule has 31 heavy (non-hydrogen) atoms. The van der Waals surface area contributed by atoms with E-state index in [0.29, 0.717) is 18.7 Å². The Morgan fingerprint density at radius 3 is 2.65 bits per heavy atom. The Balaban J connectivity index is 2.00. The monoisotopic (exact) mass is 442 g/mol. The minimum atomic E-state index is -0.635. The molecule has 6 nitrogen and oxygen atoms in total. The zero-order valence-corrected chi connectivity index (χ0v) is 19.4. The summed E-state index contributed by atoms with van der Waals surface area (Å²) in [6, 6.07) is 8.56. The SMILES string of the molecule is CCCOc1ccc(/C(O)=C2/C(=O)C(=O)N(CCCN(C)C)C2c2cccs2)cc1C. The first kappa shape index (κ1) is 23.0. The van der Waals surface area contributed by atoms with Gasteiger partial charge in [0.1, 0.15) is 11.5 Å². The van der Waals surface area contributed by atoms with Crippen molar-refractivity contribution in [3.05, 3.63) is 57.3 Å². The maximum Gasteiger partial charge on any atom is 0.295 e. The molecule has 0 aliphatic carbocycles. The lowest BCUT2D eigenvalue weighted by Gasteiger charge is -2.24. The number of benzene rings is 1. The first-order valence-electron chi connectivity index (χ1n) is 10.6. The molecule has 1 atom stereocenters. The smallest absolute Gasteiger partial charge is 0.295 e. The molecule has 0 radical (unpaired) electrons. The molecule has 1 fully saturated rings. The maximum absolute atomic E-state index is 13.0. The Bertz CT molecular complexity index is 966. The van der Waals surface area contributed by atoms with Crippen LogP contribution in [0.5, 0.6) is 5.75 Å². The number of hydrogen-bond donors (Lipinski definition) is 1. The van der Waals surface area contributed by atoms with E-state index in [1.165, 1.54) is 11.3 Å². The Hall–Kier alpha value is -2.64. The second-order valence-electron chi connectivity index (χ2n) is 7.99. The lowest BCUT2D eigenvalue weighted by molar-refractivity contribution is -0.139. The van der Waals surface area contributed by atoms with Crippen LogP contribution in [0.25, 0.3) is 5.76 Å². The van der Waals surface area contributed by atoms with Gasteiger partial charge in [0.15, 0.2) is 0 Å². The van der Waals surface area contributed by atoms with Crippen molar-refractivity contribution in [1.29, 1.82) is 0 Å². The van der Waals surface area contributed by atoms with Crippen LogP contribution in [-0.4, -0.2) is 60.4 Å². The van der Waals surface area contributed by atoms with Crippen LogP contribution in [0.1, 0.15) is 41.8 Å². The second kappa shape index (κ2) is 10.1. The van der Waals surface area contributed by atoms with Crippen molar-refractivity contribution in [2.24, 2.45) is 0 Å². The fourth-order valence-electron chi connectivity index (χ4n) is 3.74. The van der Waals surface area contributed by atoms with Crippen molar-refractivity contribution in [2.45, 2.75) is 32.7 Å². The van der Waals surface area contributed by atoms with Gasteiger partial charge in [0, 0.05) is 17.0 Å². The van der Waals surface area contributed by atoms with E-state index in [0.717, 1.165) is 35.6 Å². The third-order valence-corrected chi connectivity index (χ3v) is 6.19. The van der Waals surface area contributed by atoms with Crippen LogP contribution in [-0.2, 0) is 9.59 Å². The molecule has 3 rings (SSSR count). The molecule has 0 spiro atoms. The lowest BCUT2D eigenvalue weighted by Crippen LogP contribution is -2.32. The lowest BCUT2D eigenvalue weighted by atomic mass is 9.98. The molecule has 1 aliphatic heterocycles. The first-order chi connectivity index (χ1) is 14.8. The summed E-state index contributed by atoms with van der Waals surface area (Å²) < 4.78 is 5.72. The van der Waals surface area contributed by atoms with Crippen LogP contribution in [0.3, 0.4) is 0 Å². The predicted octanol–water partition coefficient (Wildman–Crippen LogP) is 4.22. The number of carbonyl (C=O) groups excluding carboxylic acids is 2. The highest BCUT2D eigenvalue weighted by Crippen LogP contribution is 2.41. The zero-order chi connectivity index (χ0) is 22.5. The fraction of sp³-hybridized carbons (Fsp3) is 0.417. The van der Waals surface area contributed by atoms with Gasteiger partial charge in [-0.1, -0.05) is 13.0 Å². The molecule has 1 saturated heterocycles. The number of amides is 1. The van der Waals surface area contributed by atoms with Gasteiger partial charge >= 0.3 is 0 Å². The summed E-state index contributed by atoms with van der Waals surface area (Å²) in [7, 11) is 3.95. The number of nitrogens with zero attached hydrogens (tertiary/aromatic N) is 2. The number of carbonyl (C=O) groups is 2. The fourth-order valence-corrected chi connectivity index (χ4v) is 4.58. The summed E-state index contributed by atoms with van der Waals surface area (Å²) in [5, 5.41) is 13.1. The number of ketones is 1. The predicted molar refractivity (Wildman–Crippen MR) is 123 cm³/mol. The number of rotatable bonds is 9. The van der Waals surface area contributed by atoms with Crippen LogP contribution < -0.4 is 4.74 Å². The van der Waals surface area contributed by atoms with Gasteiger partial charge in [-0.3, -0.25) is 9.59 Å². The van der Waals surface area contributed by atoms with Crippen molar-refractivity contribution < 1.29 is 19.4 Å². The van der Waals surface area contributed by atoms with E-state index in [1.54, 1.807) is 23.1 Å². The number of Topliss-reactive ketones (excluding diaryl/α,β-unsaturated/α-hetero) is 1. The van der Waals surface area contributed by atoms with Gasteiger partial charge in [0.05, 0.1) is 18.2 Å². The second-order valence-corrected chi connectivity index (χ2v) is 8.97. The number of aryl methyl sites for hydroxylation is 1. The molecule has 0 bridgehead atoms. The summed E-state index contributed by atoms with van der Waals surface area (Å²) in [5.41, 5.74) is 1.53. The molecule has 1 N–H and O–H groups in total. The molecule has 1 unspecified atom stereocenters. The number of likely N-dealkylation sites (tertiary alicyclic amines) is 1. The third kappa shape index (κ3) is 4.99. The van der Waals surface area contributed by atoms with Gasteiger partial charge < -0.3 is 19.6 Å². The molecule has 2 aromatic rings. The van der Waals surface area contributed by atoms with Crippen molar-refractivity contribution in [3.8, 4) is 5.75 Å². The Morgan fingerprint density at radius 2 is 2.03 bits per heavy atom. The molecule has 1 amide bonds. The summed E-state index contributed by atoms with van der Waals surface area (Å²) in [5.74, 6) is -0.586. The molecular formula is C24H30N2O4S. The minimum Gasteiger partial charge on any atom is -0.507 e. The Labute approximate surface area is 187 Å². The molecule has 7 heteroatoms. The average Bonchev–Trinajstić information content (AvgIpc) is 3.34. The first-order valence-corrected chi connectivity index (χ1v) is 11.4. The van der Waals surface area contributed by atoms with Crippen molar-refractivity contribution in [1.82, 2.24) is 9.80 Å². The van der Waals surface area contributed by atoms with Crippen LogP contribution in [0.15, 0.2) is 41.3 Å². The van der Waals surface area contributed by atoms with Crippen LogP contribution in [0.2, 0.25) is 0 Å². The van der Waals surface area contributed by atoms with E-state index in [-0.39, 0.29) is 11.3 Å². The van der Waals surface area contributed by atoms with Gasteiger partial charge in [-0.2, -0.15) is 0 Å². The summed E-state index contributed by atoms with van der Waals surface area (Å²) in [4.78, 5) is 30.4. The van der Waals surface area contributed by atoms with Crippen LogP contribution in [0.4, 0.5) is 0 Å². The number of hydrogen-bond acceptors (Lipinski definition) is 6. The number of aliphatic hydroxyl groups is 1. The minimum absolute atomic E-state index is 0.142. The van der Waals surface area contributed by atoms with Crippen molar-refractivity contribution in [2.75, 3.05) is 33.8 Å². The van der Waals surface area contributed by atoms with Crippen LogP contribution in [0, 0.1) is 6.92 Å². The number of aliphatic hydroxyl groups excluding tert-OH is 1. The summed E-state index contributed by atoms with van der Waals surface area (Å²) in [6.07, 6.45) is 1.64. The van der Waals surface area contributed by atoms with Gasteiger partial charge in [0.25, 0.3) is 11.7 Å². The molecular weight excluding hydrogens is 412 g/mol. The maximum atomic E-state index is 13.0. The number of ether oxygens (including phenoxy) is 1. The zero-order valence-electron chi connectivity index (χ0n) is 18.6. The molecule has 1 aromatic heterocycles. The highest BCUT2D eigenvalue weighted by molar-refractivity contribution is 7.10. The van der Waals surface area contributed by atoms with Gasteiger partial charge in [-0.25, -0.2) is 0 Å². The highest BCUT2D eigenvalue weighted by atomic mass is 32.1. The van der Waals surface area contributed by atoms with E-state index in [4.69, 9.17) is 4.74 Å². The van der Waals surface area contributed by atoms with E-state index < -0.39 is 17.7 Å². The van der Waals surface area contributed by atoms with Gasteiger partial charge in [-0.05, 0) is 75.6 Å². The standard InChI is InChI=1S/C24H30N2O4S/c1-5-13-30-18-10-9-17(15-16(18)2)22(27)20-21(19-8-6-14-31-19)26(24(29)23(20)28)12-7-11-25(3)4/h6,8-10,14-15,21,27H,5,7,11-13H2,1-4H3/b22-20-. The highest BCUT2D eigenvalue weighted by Gasteiger charge is 2.46. The van der Waals surface area contributed by atoms with E-state index in [9.17, 15) is 14.7 Å². The van der Waals surface area contributed by atoms with E-state index in [1.807, 2.05) is 50.4 Å². The van der Waals surface area contributed by atoms with E-state index in [2.05, 4.69) is 0 Å². The molecule has 0 saturated carbocycles. The van der Waals surface area contributed by atoms with Gasteiger partial charge in [0.2, 0.25) is 0 Å². The van der Waals surface area contributed by atoms with E-state index >= 15 is 0 Å². The quantitative estimate of drug-likeness (QED) is 0.358. The topological polar surface area (TPSA) is 70.1 Å². The summed E-state index contributed by atoms with van der Waals surface area (Å²) >= 11 is 1.48. The number of thiophene rings is 1. The third-order valence-electron chi connectivity index (χ3n) is 5.27. The average molecular weight is 443 g/mol. The molecule has 1 aromatic carbocycles. The molecule has 1 aliphatic rings. The summed E-state index contributed by atoms with van der Waals surface area (Å²) in [6.45, 7) is 5.81. The Morgan fingerprint density at radius 1 is 1.26 bits per heavy atom. The van der Waals surface area contributed by atoms with Crippen molar-refractivity contribution >= 4 is 28.8 Å². The van der Waals surface area contributed by atoms with Crippen LogP contribution >= 0.6 is 11.3 Å². The normalized spacial score (nSPS) is 18.2. The largest absolute Gasteiger partial charge is 0.507 e.